The van der Waals surface area contributed by atoms with Gasteiger partial charge in [0.05, 0.1) is 0 Å². The number of nitrogens with zero attached hydrogens (tertiary/aromatic N) is 1. The zero-order valence-electron chi connectivity index (χ0n) is 20.9. The van der Waals surface area contributed by atoms with Crippen molar-refractivity contribution >= 4 is 11.8 Å². The summed E-state index contributed by atoms with van der Waals surface area (Å²) in [6.45, 7) is 8.99. The lowest BCUT2D eigenvalue weighted by molar-refractivity contribution is -0.176. The molecule has 2 spiro atoms. The summed E-state index contributed by atoms with van der Waals surface area (Å²) in [6, 6.07) is 0. The zero-order valence-corrected chi connectivity index (χ0v) is 20.9. The second-order valence-electron chi connectivity index (χ2n) is 11.7. The summed E-state index contributed by atoms with van der Waals surface area (Å²) in [5.41, 5.74) is 0.338. The molecule has 0 bridgehead atoms. The Labute approximate surface area is 194 Å². The lowest BCUT2D eigenvalue weighted by Crippen LogP contribution is -2.65. The molecule has 0 radical (unpaired) electrons. The van der Waals surface area contributed by atoms with Crippen molar-refractivity contribution in [2.45, 2.75) is 140 Å². The van der Waals surface area contributed by atoms with Crippen LogP contribution < -0.4 is 16.6 Å². The maximum atomic E-state index is 14.1. The summed E-state index contributed by atoms with van der Waals surface area (Å²) in [4.78, 5) is 28.1. The van der Waals surface area contributed by atoms with Gasteiger partial charge in [-0.25, -0.2) is 5.84 Å². The molecule has 3 aliphatic rings. The van der Waals surface area contributed by atoms with Gasteiger partial charge in [0, 0.05) is 36.9 Å². The van der Waals surface area contributed by atoms with E-state index in [4.69, 9.17) is 10.6 Å². The number of ether oxygens (including phenoxy) is 1. The molecule has 3 fully saturated rings. The van der Waals surface area contributed by atoms with Crippen LogP contribution in [0.15, 0.2) is 0 Å². The van der Waals surface area contributed by atoms with Gasteiger partial charge in [0.25, 0.3) is 5.91 Å². The molecule has 2 heterocycles. The van der Waals surface area contributed by atoms with Crippen LogP contribution in [0.3, 0.4) is 0 Å². The molecule has 4 N–H and O–H groups in total. The van der Waals surface area contributed by atoms with Crippen LogP contribution in [-0.2, 0) is 14.3 Å². The fourth-order valence-corrected chi connectivity index (χ4v) is 6.74. The monoisotopic (exact) mass is 450 g/mol. The fourth-order valence-electron chi connectivity index (χ4n) is 6.74. The van der Waals surface area contributed by atoms with Crippen LogP contribution in [0, 0.1) is 0 Å². The number of piperidine rings is 1. The van der Waals surface area contributed by atoms with Gasteiger partial charge in [0.1, 0.15) is 5.72 Å². The summed E-state index contributed by atoms with van der Waals surface area (Å²) in [5.74, 6) is 5.17. The van der Waals surface area contributed by atoms with E-state index >= 15 is 0 Å². The molecule has 2 saturated heterocycles. The smallest absolute Gasteiger partial charge is 0.257 e. The van der Waals surface area contributed by atoms with Gasteiger partial charge in [0.2, 0.25) is 5.91 Å². The van der Waals surface area contributed by atoms with Gasteiger partial charge in [-0.3, -0.25) is 15.0 Å². The van der Waals surface area contributed by atoms with E-state index in [2.05, 4.69) is 38.4 Å². The van der Waals surface area contributed by atoms with Crippen LogP contribution in [0.4, 0.5) is 0 Å². The average molecular weight is 451 g/mol. The van der Waals surface area contributed by atoms with E-state index in [0.717, 1.165) is 25.7 Å². The van der Waals surface area contributed by atoms with Gasteiger partial charge in [-0.2, -0.15) is 0 Å². The molecular weight excluding hydrogens is 404 g/mol. The van der Waals surface area contributed by atoms with Crippen molar-refractivity contribution in [3.63, 3.8) is 0 Å². The SMILES string of the molecule is CC1(C)CC2(CC(C)(C)N1)OC1(CCCCCCCCCCC1)N(CCC(=O)NN)C2=O. The predicted octanol–water partition coefficient (Wildman–Crippen LogP) is 3.91. The molecule has 0 aromatic carbocycles. The first kappa shape index (κ1) is 25.4. The van der Waals surface area contributed by atoms with Crippen LogP contribution in [0.2, 0.25) is 0 Å². The van der Waals surface area contributed by atoms with Gasteiger partial charge in [-0.1, -0.05) is 44.9 Å². The Kier molecular flexibility index (Phi) is 7.93. The fraction of sp³-hybridized carbons (Fsp3) is 0.920. The Morgan fingerprint density at radius 2 is 1.41 bits per heavy atom. The number of rotatable bonds is 3. The molecule has 2 aliphatic heterocycles. The number of hydrogen-bond acceptors (Lipinski definition) is 5. The Balaban J connectivity index is 1.93. The first-order chi connectivity index (χ1) is 15.0. The highest BCUT2D eigenvalue weighted by Crippen LogP contribution is 2.50. The highest BCUT2D eigenvalue weighted by Gasteiger charge is 2.64. The number of amides is 2. The van der Waals surface area contributed by atoms with E-state index in [0.29, 0.717) is 19.4 Å². The molecule has 0 unspecified atom stereocenters. The molecule has 1 aliphatic carbocycles. The number of nitrogens with one attached hydrogen (secondary N) is 2. The molecule has 2 amide bonds. The molecule has 7 heteroatoms. The molecule has 0 atom stereocenters. The third-order valence-electron chi connectivity index (χ3n) is 7.50. The van der Waals surface area contributed by atoms with Crippen LogP contribution in [-0.4, -0.2) is 45.7 Å². The number of carbonyl (C=O) groups is 2. The van der Waals surface area contributed by atoms with Crippen molar-refractivity contribution in [1.29, 1.82) is 0 Å². The third kappa shape index (κ3) is 5.84. The Morgan fingerprint density at radius 3 is 1.88 bits per heavy atom. The largest absolute Gasteiger partial charge is 0.339 e. The van der Waals surface area contributed by atoms with Crippen molar-refractivity contribution in [3.05, 3.63) is 0 Å². The minimum atomic E-state index is -0.839. The Bertz CT molecular complexity index is 648. The maximum absolute atomic E-state index is 14.1. The van der Waals surface area contributed by atoms with Crippen LogP contribution in [0.1, 0.15) is 118 Å². The minimum Gasteiger partial charge on any atom is -0.339 e. The Morgan fingerprint density at radius 1 is 0.938 bits per heavy atom. The quantitative estimate of drug-likeness (QED) is 0.344. The second kappa shape index (κ2) is 9.98. The minimum absolute atomic E-state index is 0.0667. The van der Waals surface area contributed by atoms with Gasteiger partial charge in [0.15, 0.2) is 5.60 Å². The van der Waals surface area contributed by atoms with Gasteiger partial charge in [-0.15, -0.1) is 0 Å². The van der Waals surface area contributed by atoms with Crippen molar-refractivity contribution in [2.24, 2.45) is 5.84 Å². The topological polar surface area (TPSA) is 96.7 Å². The summed E-state index contributed by atoms with van der Waals surface area (Å²) < 4.78 is 7.06. The van der Waals surface area contributed by atoms with E-state index in [9.17, 15) is 9.59 Å². The second-order valence-corrected chi connectivity index (χ2v) is 11.7. The first-order valence-electron chi connectivity index (χ1n) is 12.8. The van der Waals surface area contributed by atoms with Gasteiger partial charge in [-0.05, 0) is 53.4 Å². The Hall–Kier alpha value is -1.18. The number of nitrogens with two attached hydrogens (primary N) is 1. The number of carbonyl (C=O) groups excluding carboxylic acids is 2. The number of hydrogen-bond donors (Lipinski definition) is 3. The highest BCUT2D eigenvalue weighted by molar-refractivity contribution is 5.89. The van der Waals surface area contributed by atoms with Crippen LogP contribution >= 0.6 is 0 Å². The molecule has 184 valence electrons. The lowest BCUT2D eigenvalue weighted by Gasteiger charge is -2.50. The van der Waals surface area contributed by atoms with E-state index < -0.39 is 11.3 Å². The normalized spacial score (nSPS) is 27.7. The molecule has 7 nitrogen and oxygen atoms in total. The molecule has 0 aromatic rings. The van der Waals surface area contributed by atoms with Crippen molar-refractivity contribution in [2.75, 3.05) is 6.54 Å². The van der Waals surface area contributed by atoms with E-state index in [1.807, 2.05) is 4.90 Å². The van der Waals surface area contributed by atoms with E-state index in [-0.39, 0.29) is 29.3 Å². The molecule has 32 heavy (non-hydrogen) atoms. The molecule has 0 aromatic heterocycles. The average Bonchev–Trinajstić information content (AvgIpc) is 2.87. The highest BCUT2D eigenvalue weighted by atomic mass is 16.6. The molecular formula is C25H46N4O3. The maximum Gasteiger partial charge on any atom is 0.257 e. The van der Waals surface area contributed by atoms with Crippen molar-refractivity contribution < 1.29 is 14.3 Å². The van der Waals surface area contributed by atoms with E-state index in [1.54, 1.807) is 0 Å². The van der Waals surface area contributed by atoms with Crippen molar-refractivity contribution in [1.82, 2.24) is 15.6 Å². The molecule has 3 rings (SSSR count). The first-order valence-corrected chi connectivity index (χ1v) is 12.8. The summed E-state index contributed by atoms with van der Waals surface area (Å²) in [5, 5.41) is 3.69. The zero-order chi connectivity index (χ0) is 23.5. The van der Waals surface area contributed by atoms with Crippen LogP contribution in [0.25, 0.3) is 0 Å². The summed E-state index contributed by atoms with van der Waals surface area (Å²) >= 11 is 0. The number of hydrazine groups is 1. The lowest BCUT2D eigenvalue weighted by atomic mass is 9.72. The van der Waals surface area contributed by atoms with Crippen molar-refractivity contribution in [3.8, 4) is 0 Å². The molecule has 1 saturated carbocycles. The van der Waals surface area contributed by atoms with E-state index in [1.165, 1.54) is 44.9 Å². The van der Waals surface area contributed by atoms with Crippen LogP contribution in [0.5, 0.6) is 0 Å². The van der Waals surface area contributed by atoms with Gasteiger partial charge >= 0.3 is 0 Å². The predicted molar refractivity (Wildman–Crippen MR) is 127 cm³/mol. The van der Waals surface area contributed by atoms with Gasteiger partial charge < -0.3 is 15.0 Å². The summed E-state index contributed by atoms with van der Waals surface area (Å²) in [6.07, 6.45) is 14.0. The summed E-state index contributed by atoms with van der Waals surface area (Å²) in [7, 11) is 0. The standard InChI is InChI=1S/C25H46N4O3/c1-22(2)18-24(19-23(3,4)28-22)21(31)29(17-14-20(30)27-26)25(32-24)15-12-10-8-6-5-7-9-11-13-16-25/h28H,5-19,26H2,1-4H3,(H,27,30). The third-order valence-corrected chi connectivity index (χ3v) is 7.50.